The Balaban J connectivity index is 1.91. The van der Waals surface area contributed by atoms with E-state index < -0.39 is 0 Å². The Bertz CT molecular complexity index is 796. The van der Waals surface area contributed by atoms with Crippen LogP contribution < -0.4 is 0 Å². The first-order valence-electron chi connectivity index (χ1n) is 8.70. The summed E-state index contributed by atoms with van der Waals surface area (Å²) in [5.74, 6) is -0.00178. The van der Waals surface area contributed by atoms with Crippen molar-refractivity contribution in [2.75, 3.05) is 13.1 Å². The summed E-state index contributed by atoms with van der Waals surface area (Å²) >= 11 is 0. The lowest BCUT2D eigenvalue weighted by molar-refractivity contribution is -0.113. The van der Waals surface area contributed by atoms with Crippen molar-refractivity contribution in [3.8, 4) is 12.1 Å². The first kappa shape index (κ1) is 17.2. The molecule has 2 heterocycles. The highest BCUT2D eigenvalue weighted by molar-refractivity contribution is 6.04. The van der Waals surface area contributed by atoms with Gasteiger partial charge in [-0.05, 0) is 56.6 Å². The number of ketones is 1. The topological polar surface area (TPSA) is 80.8 Å². The van der Waals surface area contributed by atoms with E-state index in [1.165, 1.54) is 6.92 Å². The summed E-state index contributed by atoms with van der Waals surface area (Å²) in [4.78, 5) is 18.4. The van der Waals surface area contributed by atoms with Crippen molar-refractivity contribution in [3.63, 3.8) is 0 Å². The minimum Gasteiger partial charge on any atom is -0.370 e. The highest BCUT2D eigenvalue weighted by atomic mass is 16.1. The minimum atomic E-state index is -0.206. The molecular formula is C20H22N4O. The molecule has 1 saturated heterocycles. The molecule has 5 heteroatoms. The molecule has 1 aromatic rings. The number of aromatic nitrogens is 1. The molecule has 3 rings (SSSR count). The maximum atomic E-state index is 12.1. The Labute approximate surface area is 148 Å². The summed E-state index contributed by atoms with van der Waals surface area (Å²) in [7, 11) is 0. The number of allylic oxidation sites excluding steroid dienone is 1. The Morgan fingerprint density at radius 2 is 2.00 bits per heavy atom. The zero-order chi connectivity index (χ0) is 18.0. The van der Waals surface area contributed by atoms with E-state index in [9.17, 15) is 10.1 Å². The van der Waals surface area contributed by atoms with Gasteiger partial charge in [0, 0.05) is 37.0 Å². The fourth-order valence-electron chi connectivity index (χ4n) is 4.19. The van der Waals surface area contributed by atoms with E-state index in [0.29, 0.717) is 5.41 Å². The van der Waals surface area contributed by atoms with Crippen LogP contribution in [0.15, 0.2) is 24.0 Å². The Morgan fingerprint density at radius 3 is 2.52 bits per heavy atom. The third-order valence-corrected chi connectivity index (χ3v) is 5.66. The number of rotatable bonds is 3. The highest BCUT2D eigenvalue weighted by Crippen LogP contribution is 2.53. The van der Waals surface area contributed by atoms with Gasteiger partial charge in [0.1, 0.15) is 11.6 Å². The lowest BCUT2D eigenvalue weighted by atomic mass is 9.58. The van der Waals surface area contributed by atoms with Crippen LogP contribution in [0.1, 0.15) is 43.7 Å². The molecule has 2 aliphatic rings. The molecule has 25 heavy (non-hydrogen) atoms. The summed E-state index contributed by atoms with van der Waals surface area (Å²) in [5, 5.41) is 18.6. The van der Waals surface area contributed by atoms with Crippen molar-refractivity contribution in [3.05, 3.63) is 35.2 Å². The van der Waals surface area contributed by atoms with Gasteiger partial charge in [0.2, 0.25) is 0 Å². The van der Waals surface area contributed by atoms with E-state index in [1.54, 1.807) is 12.4 Å². The van der Waals surface area contributed by atoms with Crippen LogP contribution in [0, 0.1) is 40.9 Å². The number of hydrogen-bond acceptors (Lipinski definition) is 5. The quantitative estimate of drug-likeness (QED) is 0.626. The largest absolute Gasteiger partial charge is 0.370 e. The van der Waals surface area contributed by atoms with Gasteiger partial charge in [0.25, 0.3) is 0 Å². The number of hydrogen-bond donors (Lipinski definition) is 0. The summed E-state index contributed by atoms with van der Waals surface area (Å²) in [6.07, 6.45) is 7.46. The average Bonchev–Trinajstić information content (AvgIpc) is 2.58. The second-order valence-corrected chi connectivity index (χ2v) is 7.30. The van der Waals surface area contributed by atoms with Crippen LogP contribution in [0.5, 0.6) is 0 Å². The van der Waals surface area contributed by atoms with Crippen LogP contribution in [0.2, 0.25) is 0 Å². The van der Waals surface area contributed by atoms with Gasteiger partial charge < -0.3 is 4.90 Å². The minimum absolute atomic E-state index is 0.205. The molecule has 2 fully saturated rings. The van der Waals surface area contributed by atoms with Gasteiger partial charge >= 0.3 is 0 Å². The third kappa shape index (κ3) is 3.15. The predicted molar refractivity (Wildman–Crippen MR) is 93.8 cm³/mol. The molecule has 5 nitrogen and oxygen atoms in total. The smallest absolute Gasteiger partial charge is 0.172 e. The van der Waals surface area contributed by atoms with Crippen molar-refractivity contribution in [1.82, 2.24) is 9.88 Å². The lowest BCUT2D eigenvalue weighted by Crippen LogP contribution is -2.46. The maximum Gasteiger partial charge on any atom is 0.172 e. The molecule has 0 N–H and O–H groups in total. The summed E-state index contributed by atoms with van der Waals surface area (Å²) in [5.41, 5.74) is 3.11. The number of nitriles is 2. The van der Waals surface area contributed by atoms with Gasteiger partial charge in [-0.3, -0.25) is 9.78 Å². The number of piperidine rings is 1. The first-order chi connectivity index (χ1) is 12.0. The van der Waals surface area contributed by atoms with Gasteiger partial charge in [0.05, 0.1) is 11.8 Å². The zero-order valence-corrected chi connectivity index (χ0v) is 14.7. The standard InChI is InChI=1S/C20H22N4O/c1-14-13-23-6-3-17(14)19(18(12-22)15(2)25)24-7-4-20(5-8-24)9-16(10-20)11-21/h3,6,13,16H,4-5,7-10H2,1-2H3/b19-18+. The molecule has 0 unspecified atom stereocenters. The van der Waals surface area contributed by atoms with Crippen LogP contribution in [0.3, 0.4) is 0 Å². The first-order valence-corrected chi connectivity index (χ1v) is 8.70. The van der Waals surface area contributed by atoms with E-state index in [0.717, 1.165) is 55.6 Å². The van der Waals surface area contributed by atoms with E-state index in [1.807, 2.05) is 13.0 Å². The summed E-state index contributed by atoms with van der Waals surface area (Å²) in [6.45, 7) is 5.03. The van der Waals surface area contributed by atoms with Crippen LogP contribution in [-0.4, -0.2) is 28.8 Å². The molecule has 0 aromatic carbocycles. The lowest BCUT2D eigenvalue weighted by Gasteiger charge is -2.51. The molecule has 1 saturated carbocycles. The highest BCUT2D eigenvalue weighted by Gasteiger charge is 2.46. The molecule has 0 radical (unpaired) electrons. The van der Waals surface area contributed by atoms with Gasteiger partial charge in [0.15, 0.2) is 5.78 Å². The van der Waals surface area contributed by atoms with Gasteiger partial charge in [-0.15, -0.1) is 0 Å². The van der Waals surface area contributed by atoms with Crippen LogP contribution in [0.25, 0.3) is 5.70 Å². The van der Waals surface area contributed by atoms with Crippen LogP contribution >= 0.6 is 0 Å². The monoisotopic (exact) mass is 334 g/mol. The molecule has 1 spiro atoms. The number of pyridine rings is 1. The van der Waals surface area contributed by atoms with Crippen LogP contribution in [0.4, 0.5) is 0 Å². The molecule has 0 amide bonds. The van der Waals surface area contributed by atoms with Gasteiger partial charge in [-0.25, -0.2) is 0 Å². The summed E-state index contributed by atoms with van der Waals surface area (Å²) < 4.78 is 0. The molecule has 128 valence electrons. The SMILES string of the molecule is CC(=O)/C(C#N)=C(\c1ccncc1C)N1CCC2(CC1)CC(C#N)C2. The van der Waals surface area contributed by atoms with E-state index in [4.69, 9.17) is 5.26 Å². The molecule has 1 aromatic heterocycles. The fourth-order valence-corrected chi connectivity index (χ4v) is 4.19. The van der Waals surface area contributed by atoms with Crippen LogP contribution in [-0.2, 0) is 4.79 Å². The number of Topliss-reactive ketones (excluding diaryl/α,β-unsaturated/α-hetero) is 1. The average molecular weight is 334 g/mol. The molecular weight excluding hydrogens is 312 g/mol. The number of carbonyl (C=O) groups excluding carboxylic acids is 1. The van der Waals surface area contributed by atoms with E-state index in [-0.39, 0.29) is 17.3 Å². The maximum absolute atomic E-state index is 12.1. The normalized spacial score (nSPS) is 20.2. The Hall–Kier alpha value is -2.66. The number of carbonyl (C=O) groups is 1. The Kier molecular flexibility index (Phi) is 4.59. The van der Waals surface area contributed by atoms with Gasteiger partial charge in [-0.2, -0.15) is 10.5 Å². The Morgan fingerprint density at radius 1 is 1.32 bits per heavy atom. The van der Waals surface area contributed by atoms with E-state index >= 15 is 0 Å². The van der Waals surface area contributed by atoms with Crippen molar-refractivity contribution < 1.29 is 4.79 Å². The number of nitrogens with zero attached hydrogens (tertiary/aromatic N) is 4. The second kappa shape index (κ2) is 6.69. The predicted octanol–water partition coefficient (Wildman–Crippen LogP) is 3.23. The molecule has 1 aliphatic carbocycles. The molecule has 0 bridgehead atoms. The van der Waals surface area contributed by atoms with Crippen molar-refractivity contribution in [2.45, 2.75) is 39.5 Å². The van der Waals surface area contributed by atoms with Crippen molar-refractivity contribution in [1.29, 1.82) is 10.5 Å². The summed E-state index contributed by atoms with van der Waals surface area (Å²) in [6, 6.07) is 6.36. The molecule has 1 aliphatic heterocycles. The third-order valence-electron chi connectivity index (χ3n) is 5.66. The van der Waals surface area contributed by atoms with Gasteiger partial charge in [-0.1, -0.05) is 0 Å². The second-order valence-electron chi connectivity index (χ2n) is 7.30. The van der Waals surface area contributed by atoms with Crippen molar-refractivity contribution in [2.24, 2.45) is 11.3 Å². The molecule has 0 atom stereocenters. The number of aryl methyl sites for hydroxylation is 1. The fraction of sp³-hybridized carbons (Fsp3) is 0.500. The number of likely N-dealkylation sites (tertiary alicyclic amines) is 1. The van der Waals surface area contributed by atoms with Crippen molar-refractivity contribution >= 4 is 11.5 Å². The van der Waals surface area contributed by atoms with E-state index in [2.05, 4.69) is 22.0 Å². The zero-order valence-electron chi connectivity index (χ0n) is 14.7.